The predicted octanol–water partition coefficient (Wildman–Crippen LogP) is 3.02. The van der Waals surface area contributed by atoms with Crippen molar-refractivity contribution in [1.82, 2.24) is 14.9 Å². The number of nitrogens with zero attached hydrogens (tertiary/aromatic N) is 2. The number of rotatable bonds is 4. The third kappa shape index (κ3) is 2.12. The second kappa shape index (κ2) is 4.93. The molecule has 1 aliphatic heterocycles. The Hall–Kier alpha value is -0.830. The first-order valence-electron chi connectivity index (χ1n) is 7.97. The summed E-state index contributed by atoms with van der Waals surface area (Å²) in [6, 6.07) is 0. The van der Waals surface area contributed by atoms with Crippen LogP contribution in [0, 0.1) is 5.92 Å². The number of aromatic nitrogens is 2. The lowest BCUT2D eigenvalue weighted by atomic mass is 9.74. The molecule has 1 aromatic rings. The highest BCUT2D eigenvalue weighted by Crippen LogP contribution is 2.44. The van der Waals surface area contributed by atoms with Gasteiger partial charge in [-0.3, -0.25) is 0 Å². The van der Waals surface area contributed by atoms with E-state index in [0.717, 1.165) is 25.9 Å². The van der Waals surface area contributed by atoms with Crippen LogP contribution in [0.3, 0.4) is 0 Å². The normalized spacial score (nSPS) is 21.3. The van der Waals surface area contributed by atoms with Gasteiger partial charge in [-0.1, -0.05) is 20.8 Å². The maximum atomic E-state index is 4.99. The van der Waals surface area contributed by atoms with E-state index in [1.54, 1.807) is 0 Å². The van der Waals surface area contributed by atoms with Crippen LogP contribution in [0.1, 0.15) is 63.7 Å². The largest absolute Gasteiger partial charge is 0.326 e. The summed E-state index contributed by atoms with van der Waals surface area (Å²) in [5.74, 6) is 2.04. The molecule has 0 radical (unpaired) electrons. The van der Waals surface area contributed by atoms with Gasteiger partial charge < -0.3 is 9.88 Å². The second-order valence-electron chi connectivity index (χ2n) is 6.71. The Bertz CT molecular complexity index is 449. The fraction of sp³-hybridized carbons (Fsp3) is 0.812. The SMILES string of the molecule is CCC1(n2c(CC(C)C)nc3c2CCNC3)CCC1. The van der Waals surface area contributed by atoms with Crippen LogP contribution in [0.25, 0.3) is 0 Å². The molecule has 2 heterocycles. The van der Waals surface area contributed by atoms with Crippen molar-refractivity contribution < 1.29 is 0 Å². The quantitative estimate of drug-likeness (QED) is 0.903. The minimum atomic E-state index is 0.405. The minimum Gasteiger partial charge on any atom is -0.326 e. The zero-order valence-corrected chi connectivity index (χ0v) is 12.6. The minimum absolute atomic E-state index is 0.405. The molecule has 0 amide bonds. The van der Waals surface area contributed by atoms with Crippen LogP contribution < -0.4 is 5.32 Å². The van der Waals surface area contributed by atoms with E-state index in [1.165, 1.54) is 42.9 Å². The summed E-state index contributed by atoms with van der Waals surface area (Å²) in [4.78, 5) is 4.99. The van der Waals surface area contributed by atoms with Gasteiger partial charge in [-0.15, -0.1) is 0 Å². The molecule has 2 aliphatic rings. The molecule has 3 rings (SSSR count). The first kappa shape index (κ1) is 13.2. The second-order valence-corrected chi connectivity index (χ2v) is 6.71. The molecule has 1 aliphatic carbocycles. The van der Waals surface area contributed by atoms with Crippen LogP contribution >= 0.6 is 0 Å². The van der Waals surface area contributed by atoms with E-state index in [9.17, 15) is 0 Å². The summed E-state index contributed by atoms with van der Waals surface area (Å²) >= 11 is 0. The molecule has 19 heavy (non-hydrogen) atoms. The van der Waals surface area contributed by atoms with Crippen LogP contribution in [0.5, 0.6) is 0 Å². The lowest BCUT2D eigenvalue weighted by molar-refractivity contribution is 0.126. The van der Waals surface area contributed by atoms with Crippen molar-refractivity contribution in [3.8, 4) is 0 Å². The average Bonchev–Trinajstić information content (AvgIpc) is 2.67. The van der Waals surface area contributed by atoms with Gasteiger partial charge in [0.1, 0.15) is 5.82 Å². The molecule has 1 fully saturated rings. The first-order chi connectivity index (χ1) is 9.16. The molecule has 1 saturated carbocycles. The summed E-state index contributed by atoms with van der Waals surface area (Å²) in [5, 5.41) is 3.46. The van der Waals surface area contributed by atoms with Gasteiger partial charge in [-0.05, 0) is 31.6 Å². The smallest absolute Gasteiger partial charge is 0.110 e. The van der Waals surface area contributed by atoms with Gasteiger partial charge in [0, 0.05) is 37.2 Å². The van der Waals surface area contributed by atoms with Crippen molar-refractivity contribution in [2.45, 2.75) is 71.4 Å². The van der Waals surface area contributed by atoms with Gasteiger partial charge in [0.05, 0.1) is 5.69 Å². The van der Waals surface area contributed by atoms with E-state index >= 15 is 0 Å². The van der Waals surface area contributed by atoms with Gasteiger partial charge in [0.15, 0.2) is 0 Å². The molecule has 0 spiro atoms. The molecular weight excluding hydrogens is 234 g/mol. The molecule has 0 unspecified atom stereocenters. The lowest BCUT2D eigenvalue weighted by Crippen LogP contribution is -2.43. The summed E-state index contributed by atoms with van der Waals surface area (Å²) < 4.78 is 2.67. The lowest BCUT2D eigenvalue weighted by Gasteiger charge is -2.45. The molecule has 3 nitrogen and oxygen atoms in total. The highest BCUT2D eigenvalue weighted by Gasteiger charge is 2.40. The molecule has 0 atom stereocenters. The Morgan fingerprint density at radius 2 is 2.16 bits per heavy atom. The van der Waals surface area contributed by atoms with E-state index < -0.39 is 0 Å². The Kier molecular flexibility index (Phi) is 3.42. The molecular formula is C16H27N3. The fourth-order valence-electron chi connectivity index (χ4n) is 3.75. The van der Waals surface area contributed by atoms with Crippen molar-refractivity contribution in [3.05, 3.63) is 17.2 Å². The third-order valence-corrected chi connectivity index (χ3v) is 4.96. The van der Waals surface area contributed by atoms with E-state index in [4.69, 9.17) is 4.98 Å². The topological polar surface area (TPSA) is 29.9 Å². The monoisotopic (exact) mass is 261 g/mol. The summed E-state index contributed by atoms with van der Waals surface area (Å²) in [6.07, 6.45) is 7.63. The Balaban J connectivity index is 2.06. The van der Waals surface area contributed by atoms with Crippen molar-refractivity contribution >= 4 is 0 Å². The van der Waals surface area contributed by atoms with Crippen molar-refractivity contribution in [1.29, 1.82) is 0 Å². The van der Waals surface area contributed by atoms with Crippen LogP contribution in [0.4, 0.5) is 0 Å². The Morgan fingerprint density at radius 1 is 1.37 bits per heavy atom. The molecule has 106 valence electrons. The Labute approximate surface area is 116 Å². The van der Waals surface area contributed by atoms with Crippen LogP contribution in [-0.2, 0) is 24.9 Å². The van der Waals surface area contributed by atoms with Crippen molar-refractivity contribution in [3.63, 3.8) is 0 Å². The van der Waals surface area contributed by atoms with Gasteiger partial charge >= 0.3 is 0 Å². The molecule has 0 bridgehead atoms. The van der Waals surface area contributed by atoms with Crippen molar-refractivity contribution in [2.75, 3.05) is 6.54 Å². The third-order valence-electron chi connectivity index (χ3n) is 4.96. The number of hydrogen-bond acceptors (Lipinski definition) is 2. The molecule has 0 aromatic carbocycles. The molecule has 1 N–H and O–H groups in total. The molecule has 0 saturated heterocycles. The molecule has 1 aromatic heterocycles. The molecule has 3 heteroatoms. The predicted molar refractivity (Wildman–Crippen MR) is 78.3 cm³/mol. The fourth-order valence-corrected chi connectivity index (χ4v) is 3.75. The maximum absolute atomic E-state index is 4.99. The van der Waals surface area contributed by atoms with Crippen LogP contribution in [-0.4, -0.2) is 16.1 Å². The summed E-state index contributed by atoms with van der Waals surface area (Å²) in [6.45, 7) is 9.03. The van der Waals surface area contributed by atoms with Gasteiger partial charge in [-0.25, -0.2) is 4.98 Å². The van der Waals surface area contributed by atoms with Gasteiger partial charge in [0.25, 0.3) is 0 Å². The zero-order valence-electron chi connectivity index (χ0n) is 12.6. The summed E-state index contributed by atoms with van der Waals surface area (Å²) in [5.41, 5.74) is 3.26. The maximum Gasteiger partial charge on any atom is 0.110 e. The zero-order chi connectivity index (χ0) is 13.5. The van der Waals surface area contributed by atoms with Crippen LogP contribution in [0.15, 0.2) is 0 Å². The number of nitrogens with one attached hydrogen (secondary N) is 1. The average molecular weight is 261 g/mol. The number of imidazole rings is 1. The number of hydrogen-bond donors (Lipinski definition) is 1. The van der Waals surface area contributed by atoms with Crippen molar-refractivity contribution in [2.24, 2.45) is 5.92 Å². The van der Waals surface area contributed by atoms with E-state index in [-0.39, 0.29) is 0 Å². The standard InChI is InChI=1S/C16H27N3/c1-4-16(7-5-8-16)19-14-6-9-17-11-13(14)18-15(19)10-12(2)3/h12,17H,4-11H2,1-3H3. The highest BCUT2D eigenvalue weighted by molar-refractivity contribution is 5.24. The van der Waals surface area contributed by atoms with Gasteiger partial charge in [0.2, 0.25) is 0 Å². The van der Waals surface area contributed by atoms with Gasteiger partial charge in [-0.2, -0.15) is 0 Å². The summed E-state index contributed by atoms with van der Waals surface area (Å²) in [7, 11) is 0. The van der Waals surface area contributed by atoms with E-state index in [0.29, 0.717) is 11.5 Å². The highest BCUT2D eigenvalue weighted by atomic mass is 15.2. The Morgan fingerprint density at radius 3 is 2.74 bits per heavy atom. The van der Waals surface area contributed by atoms with E-state index in [1.807, 2.05) is 0 Å². The first-order valence-corrected chi connectivity index (χ1v) is 7.97. The van der Waals surface area contributed by atoms with E-state index in [2.05, 4.69) is 30.7 Å². The van der Waals surface area contributed by atoms with Crippen LogP contribution in [0.2, 0.25) is 0 Å². The number of fused-ring (bicyclic) bond motifs is 1.